The molecular weight excluding hydrogens is 282 g/mol. The number of amides is 1. The summed E-state index contributed by atoms with van der Waals surface area (Å²) in [6.07, 6.45) is 2.56. The second-order valence-corrected chi connectivity index (χ2v) is 6.76. The maximum absolute atomic E-state index is 12.4. The first-order chi connectivity index (χ1) is 10.3. The van der Waals surface area contributed by atoms with Crippen LogP contribution in [0.3, 0.4) is 0 Å². The Bertz CT molecular complexity index is 521. The van der Waals surface area contributed by atoms with Gasteiger partial charge in [-0.3, -0.25) is 9.69 Å². The molecular formula is C15H25N5O2. The van der Waals surface area contributed by atoms with Crippen LogP contribution in [0.4, 0.5) is 5.82 Å². The third-order valence-electron chi connectivity index (χ3n) is 4.02. The Hall–Kier alpha value is -1.73. The summed E-state index contributed by atoms with van der Waals surface area (Å²) < 4.78 is 0. The maximum atomic E-state index is 12.4. The molecule has 1 saturated heterocycles. The lowest BCUT2D eigenvalue weighted by molar-refractivity contribution is 0.0136. The molecule has 1 aromatic heterocycles. The Kier molecular flexibility index (Phi) is 4.97. The van der Waals surface area contributed by atoms with Crippen LogP contribution in [0.2, 0.25) is 0 Å². The molecule has 0 aromatic carbocycles. The van der Waals surface area contributed by atoms with Crippen molar-refractivity contribution in [1.29, 1.82) is 0 Å². The number of carbonyl (C=O) groups is 1. The molecule has 3 N–H and O–H groups in total. The van der Waals surface area contributed by atoms with E-state index >= 15 is 0 Å². The van der Waals surface area contributed by atoms with Crippen LogP contribution < -0.4 is 5.73 Å². The lowest BCUT2D eigenvalue weighted by atomic mass is 9.89. The topological polar surface area (TPSA) is 95.6 Å². The summed E-state index contributed by atoms with van der Waals surface area (Å²) in [5.41, 5.74) is 5.78. The monoisotopic (exact) mass is 307 g/mol. The highest BCUT2D eigenvalue weighted by Crippen LogP contribution is 2.20. The van der Waals surface area contributed by atoms with Crippen molar-refractivity contribution in [3.63, 3.8) is 0 Å². The van der Waals surface area contributed by atoms with Gasteiger partial charge in [0.1, 0.15) is 0 Å². The molecule has 7 nitrogen and oxygen atoms in total. The zero-order valence-corrected chi connectivity index (χ0v) is 13.5. The van der Waals surface area contributed by atoms with Gasteiger partial charge in [-0.05, 0) is 5.41 Å². The Morgan fingerprint density at radius 1 is 1.27 bits per heavy atom. The number of hydrogen-bond acceptors (Lipinski definition) is 6. The molecule has 0 saturated carbocycles. The molecule has 0 unspecified atom stereocenters. The van der Waals surface area contributed by atoms with E-state index in [1.54, 1.807) is 4.90 Å². The molecule has 2 rings (SSSR count). The van der Waals surface area contributed by atoms with E-state index in [9.17, 15) is 9.90 Å². The van der Waals surface area contributed by atoms with Gasteiger partial charge in [-0.15, -0.1) is 0 Å². The fraction of sp³-hybridized carbons (Fsp3) is 0.667. The van der Waals surface area contributed by atoms with Gasteiger partial charge < -0.3 is 15.7 Å². The van der Waals surface area contributed by atoms with Crippen LogP contribution in [0.5, 0.6) is 0 Å². The van der Waals surface area contributed by atoms with Crippen molar-refractivity contribution in [2.24, 2.45) is 5.41 Å². The standard InChI is InChI=1S/C15H25N5O2/c1-15(2,3)11(21)10-19-6-8-20(9-7-19)14(22)12-13(16)18-5-4-17-12/h4-5,11,21H,6-10H2,1-3H3,(H2,16,18)/t11-/m1/s1. The van der Waals surface area contributed by atoms with E-state index in [1.165, 1.54) is 12.4 Å². The van der Waals surface area contributed by atoms with Crippen molar-refractivity contribution in [3.8, 4) is 0 Å². The number of nitrogen functional groups attached to an aromatic ring is 1. The first-order valence-electron chi connectivity index (χ1n) is 7.55. The molecule has 0 spiro atoms. The molecule has 22 heavy (non-hydrogen) atoms. The van der Waals surface area contributed by atoms with Gasteiger partial charge in [0.2, 0.25) is 0 Å². The fourth-order valence-electron chi connectivity index (χ4n) is 2.32. The molecule has 1 aliphatic heterocycles. The zero-order chi connectivity index (χ0) is 16.3. The number of rotatable bonds is 3. The SMILES string of the molecule is CC(C)(C)[C@H](O)CN1CCN(C(=O)c2nccnc2N)CC1. The van der Waals surface area contributed by atoms with Gasteiger partial charge in [0, 0.05) is 45.1 Å². The van der Waals surface area contributed by atoms with Crippen LogP contribution in [0.1, 0.15) is 31.3 Å². The highest BCUT2D eigenvalue weighted by Gasteiger charge is 2.28. The molecule has 1 aromatic rings. The van der Waals surface area contributed by atoms with Crippen LogP contribution in [0, 0.1) is 5.41 Å². The van der Waals surface area contributed by atoms with E-state index in [1.807, 2.05) is 20.8 Å². The fourth-order valence-corrected chi connectivity index (χ4v) is 2.32. The van der Waals surface area contributed by atoms with Gasteiger partial charge in [0.25, 0.3) is 5.91 Å². The van der Waals surface area contributed by atoms with Crippen LogP contribution in [0.25, 0.3) is 0 Å². The number of hydrogen-bond donors (Lipinski definition) is 2. The van der Waals surface area contributed by atoms with Crippen LogP contribution in [0.15, 0.2) is 12.4 Å². The van der Waals surface area contributed by atoms with Crippen molar-refractivity contribution >= 4 is 11.7 Å². The van der Waals surface area contributed by atoms with E-state index in [0.717, 1.165) is 13.1 Å². The Morgan fingerprint density at radius 3 is 2.41 bits per heavy atom. The summed E-state index contributed by atoms with van der Waals surface area (Å²) in [6.45, 7) is 9.37. The summed E-state index contributed by atoms with van der Waals surface area (Å²) in [5.74, 6) is -0.0142. The van der Waals surface area contributed by atoms with Crippen LogP contribution >= 0.6 is 0 Å². The van der Waals surface area contributed by atoms with Gasteiger partial charge in [-0.1, -0.05) is 20.8 Å². The Balaban J connectivity index is 1.90. The average Bonchev–Trinajstić information content (AvgIpc) is 2.47. The first kappa shape index (κ1) is 16.6. The molecule has 122 valence electrons. The van der Waals surface area contributed by atoms with Crippen molar-refractivity contribution in [1.82, 2.24) is 19.8 Å². The summed E-state index contributed by atoms with van der Waals surface area (Å²) in [4.78, 5) is 24.2. The molecule has 7 heteroatoms. The number of β-amino-alcohol motifs (C(OH)–C–C–N with tert-alkyl or cyclic N) is 1. The molecule has 1 aliphatic rings. The molecule has 1 atom stereocenters. The second-order valence-electron chi connectivity index (χ2n) is 6.76. The third-order valence-corrected chi connectivity index (χ3v) is 4.02. The Labute approximate surface area is 131 Å². The summed E-state index contributed by atoms with van der Waals surface area (Å²) in [6, 6.07) is 0. The molecule has 1 fully saturated rings. The largest absolute Gasteiger partial charge is 0.391 e. The predicted octanol–water partition coefficient (Wildman–Crippen LogP) is 0.224. The second kappa shape index (κ2) is 6.58. The van der Waals surface area contributed by atoms with Crippen LogP contribution in [-0.4, -0.2) is 69.6 Å². The summed E-state index contributed by atoms with van der Waals surface area (Å²) in [7, 11) is 0. The number of anilines is 1. The molecule has 0 aliphatic carbocycles. The van der Waals surface area contributed by atoms with Gasteiger partial charge in [-0.25, -0.2) is 9.97 Å². The lowest BCUT2D eigenvalue weighted by Gasteiger charge is -2.37. The third kappa shape index (κ3) is 3.92. The average molecular weight is 307 g/mol. The summed E-state index contributed by atoms with van der Waals surface area (Å²) >= 11 is 0. The predicted molar refractivity (Wildman–Crippen MR) is 84.2 cm³/mol. The van der Waals surface area contributed by atoms with E-state index in [4.69, 9.17) is 5.73 Å². The van der Waals surface area contributed by atoms with Gasteiger partial charge in [0.05, 0.1) is 6.10 Å². The molecule has 0 bridgehead atoms. The number of piperazine rings is 1. The van der Waals surface area contributed by atoms with E-state index in [-0.39, 0.29) is 28.9 Å². The van der Waals surface area contributed by atoms with E-state index in [0.29, 0.717) is 19.6 Å². The van der Waals surface area contributed by atoms with E-state index in [2.05, 4.69) is 14.9 Å². The minimum absolute atomic E-state index is 0.138. The summed E-state index contributed by atoms with van der Waals surface area (Å²) in [5, 5.41) is 10.2. The number of aliphatic hydroxyl groups is 1. The maximum Gasteiger partial charge on any atom is 0.276 e. The highest BCUT2D eigenvalue weighted by molar-refractivity contribution is 5.96. The normalized spacial score (nSPS) is 18.3. The number of nitrogens with zero attached hydrogens (tertiary/aromatic N) is 4. The smallest absolute Gasteiger partial charge is 0.276 e. The van der Waals surface area contributed by atoms with Crippen molar-refractivity contribution < 1.29 is 9.90 Å². The Morgan fingerprint density at radius 2 is 1.86 bits per heavy atom. The highest BCUT2D eigenvalue weighted by atomic mass is 16.3. The number of aromatic nitrogens is 2. The minimum atomic E-state index is -0.384. The van der Waals surface area contributed by atoms with Crippen molar-refractivity contribution in [3.05, 3.63) is 18.1 Å². The zero-order valence-electron chi connectivity index (χ0n) is 13.5. The molecule has 1 amide bonds. The first-order valence-corrected chi connectivity index (χ1v) is 7.55. The van der Waals surface area contributed by atoms with Crippen LogP contribution in [-0.2, 0) is 0 Å². The van der Waals surface area contributed by atoms with Crippen molar-refractivity contribution in [2.75, 3.05) is 38.5 Å². The van der Waals surface area contributed by atoms with Gasteiger partial charge >= 0.3 is 0 Å². The van der Waals surface area contributed by atoms with E-state index < -0.39 is 0 Å². The van der Waals surface area contributed by atoms with Gasteiger partial charge in [-0.2, -0.15) is 0 Å². The number of aliphatic hydroxyl groups excluding tert-OH is 1. The molecule has 0 radical (unpaired) electrons. The quantitative estimate of drug-likeness (QED) is 0.829. The minimum Gasteiger partial charge on any atom is -0.391 e. The number of nitrogens with two attached hydrogens (primary N) is 1. The lowest BCUT2D eigenvalue weighted by Crippen LogP contribution is -2.51. The van der Waals surface area contributed by atoms with Gasteiger partial charge in [0.15, 0.2) is 11.5 Å². The van der Waals surface area contributed by atoms with Crippen molar-refractivity contribution in [2.45, 2.75) is 26.9 Å². The molecule has 2 heterocycles. The number of carbonyl (C=O) groups excluding carboxylic acids is 1.